The van der Waals surface area contributed by atoms with Gasteiger partial charge >= 0.3 is 0 Å². The Morgan fingerprint density at radius 2 is 1.69 bits per heavy atom. The van der Waals surface area contributed by atoms with Crippen molar-refractivity contribution >= 4 is 22.6 Å². The second-order valence-electron chi connectivity index (χ2n) is 6.66. The van der Waals surface area contributed by atoms with Crippen LogP contribution in [0.25, 0.3) is 10.8 Å². The van der Waals surface area contributed by atoms with Crippen LogP contribution in [0.1, 0.15) is 18.9 Å². The average molecular weight is 392 g/mol. The lowest BCUT2D eigenvalue weighted by molar-refractivity contribution is -0.132. The average Bonchev–Trinajstić information content (AvgIpc) is 2.76. The highest BCUT2D eigenvalue weighted by Gasteiger charge is 2.15. The second-order valence-corrected chi connectivity index (χ2v) is 6.66. The van der Waals surface area contributed by atoms with Crippen LogP contribution in [-0.2, 0) is 16.0 Å². The second kappa shape index (κ2) is 9.59. The van der Waals surface area contributed by atoms with Crippen molar-refractivity contribution in [3.05, 3.63) is 72.3 Å². The molecule has 1 unspecified atom stereocenters. The summed E-state index contributed by atoms with van der Waals surface area (Å²) in [4.78, 5) is 24.2. The molecule has 3 aromatic carbocycles. The Balaban J connectivity index is 1.45. The zero-order valence-electron chi connectivity index (χ0n) is 16.5. The van der Waals surface area contributed by atoms with E-state index >= 15 is 0 Å². The summed E-state index contributed by atoms with van der Waals surface area (Å²) in [7, 11) is 1.60. The van der Waals surface area contributed by atoms with Gasteiger partial charge in [-0.25, -0.2) is 0 Å². The van der Waals surface area contributed by atoms with Gasteiger partial charge in [0.25, 0.3) is 5.91 Å². The highest BCUT2D eigenvalue weighted by molar-refractivity contribution is 5.85. The molecule has 1 atom stereocenters. The summed E-state index contributed by atoms with van der Waals surface area (Å²) in [5, 5.41) is 2.13. The fraction of sp³-hybridized carbons (Fsp3) is 0.217. The third-order valence-corrected chi connectivity index (χ3v) is 4.50. The largest absolute Gasteiger partial charge is 0.497 e. The highest BCUT2D eigenvalue weighted by atomic mass is 16.5. The van der Waals surface area contributed by atoms with E-state index in [1.165, 1.54) is 0 Å². The summed E-state index contributed by atoms with van der Waals surface area (Å²) < 4.78 is 10.9. The number of hydrogen-bond acceptors (Lipinski definition) is 4. The lowest BCUT2D eigenvalue weighted by Gasteiger charge is -2.15. The molecule has 0 fully saturated rings. The number of benzene rings is 3. The highest BCUT2D eigenvalue weighted by Crippen LogP contribution is 2.21. The van der Waals surface area contributed by atoms with Gasteiger partial charge in [0.15, 0.2) is 6.10 Å². The lowest BCUT2D eigenvalue weighted by Crippen LogP contribution is -2.47. The van der Waals surface area contributed by atoms with E-state index < -0.39 is 12.0 Å². The molecule has 0 radical (unpaired) electrons. The van der Waals surface area contributed by atoms with Crippen molar-refractivity contribution in [2.75, 3.05) is 7.11 Å². The number of ether oxygens (including phenoxy) is 2. The molecule has 2 amide bonds. The van der Waals surface area contributed by atoms with Crippen molar-refractivity contribution in [3.63, 3.8) is 0 Å². The Kier molecular flexibility index (Phi) is 6.68. The van der Waals surface area contributed by atoms with E-state index in [1.54, 1.807) is 14.0 Å². The minimum absolute atomic E-state index is 0.243. The summed E-state index contributed by atoms with van der Waals surface area (Å²) in [6, 6.07) is 21.1. The zero-order valence-corrected chi connectivity index (χ0v) is 16.5. The Morgan fingerprint density at radius 1 is 0.897 bits per heavy atom. The summed E-state index contributed by atoms with van der Waals surface area (Å²) in [5.74, 6) is 0.638. The number of nitrogens with one attached hydrogen (secondary N) is 2. The van der Waals surface area contributed by atoms with Gasteiger partial charge in [-0.3, -0.25) is 20.4 Å². The van der Waals surface area contributed by atoms with Gasteiger partial charge in [0, 0.05) is 6.42 Å². The molecule has 0 aliphatic rings. The lowest BCUT2D eigenvalue weighted by atomic mass is 10.1. The predicted molar refractivity (Wildman–Crippen MR) is 112 cm³/mol. The quantitative estimate of drug-likeness (QED) is 0.604. The van der Waals surface area contributed by atoms with Crippen molar-refractivity contribution in [1.82, 2.24) is 10.9 Å². The maximum Gasteiger partial charge on any atom is 0.279 e. The van der Waals surface area contributed by atoms with E-state index in [0.717, 1.165) is 22.1 Å². The molecule has 0 heterocycles. The Bertz CT molecular complexity index is 1000. The van der Waals surface area contributed by atoms with Crippen molar-refractivity contribution < 1.29 is 19.1 Å². The Hall–Kier alpha value is -3.54. The maximum atomic E-state index is 12.2. The van der Waals surface area contributed by atoms with Crippen LogP contribution in [-0.4, -0.2) is 25.0 Å². The normalized spacial score (nSPS) is 11.5. The van der Waals surface area contributed by atoms with Crippen molar-refractivity contribution in [1.29, 1.82) is 0 Å². The summed E-state index contributed by atoms with van der Waals surface area (Å²) in [6.07, 6.45) is 0.0323. The monoisotopic (exact) mass is 392 g/mol. The van der Waals surface area contributed by atoms with E-state index in [-0.39, 0.29) is 12.3 Å². The van der Waals surface area contributed by atoms with Crippen LogP contribution in [0.2, 0.25) is 0 Å². The van der Waals surface area contributed by atoms with Gasteiger partial charge in [-0.1, -0.05) is 42.5 Å². The van der Waals surface area contributed by atoms with Crippen LogP contribution in [0.3, 0.4) is 0 Å². The van der Waals surface area contributed by atoms with Crippen LogP contribution in [0.15, 0.2) is 66.7 Å². The standard InChI is InChI=1S/C23H24N2O4/c1-16(29-21-12-11-18-7-3-4-8-19(18)15-21)23(27)25-24-22(26)13-10-17-6-5-9-20(14-17)28-2/h3-9,11-12,14-16H,10,13H2,1-2H3,(H,24,26)(H,25,27). The third-order valence-electron chi connectivity index (χ3n) is 4.50. The maximum absolute atomic E-state index is 12.2. The number of amides is 2. The van der Waals surface area contributed by atoms with Crippen molar-refractivity contribution in [3.8, 4) is 11.5 Å². The number of hydrogen-bond donors (Lipinski definition) is 2. The first kappa shape index (κ1) is 20.2. The summed E-state index contributed by atoms with van der Waals surface area (Å²) in [5.41, 5.74) is 5.82. The van der Waals surface area contributed by atoms with Crippen molar-refractivity contribution in [2.45, 2.75) is 25.9 Å². The number of aryl methyl sites for hydroxylation is 1. The molecule has 3 rings (SSSR count). The number of rotatable bonds is 7. The van der Waals surface area contributed by atoms with Crippen LogP contribution >= 0.6 is 0 Å². The van der Waals surface area contributed by atoms with Gasteiger partial charge in [0.1, 0.15) is 11.5 Å². The number of carbonyl (C=O) groups excluding carboxylic acids is 2. The molecule has 6 heteroatoms. The number of methoxy groups -OCH3 is 1. The van der Waals surface area contributed by atoms with Gasteiger partial charge in [-0.05, 0) is 53.9 Å². The molecule has 0 aromatic heterocycles. The van der Waals surface area contributed by atoms with E-state index in [4.69, 9.17) is 9.47 Å². The van der Waals surface area contributed by atoms with Crippen LogP contribution in [0.5, 0.6) is 11.5 Å². The first-order valence-corrected chi connectivity index (χ1v) is 9.42. The van der Waals surface area contributed by atoms with Crippen LogP contribution in [0.4, 0.5) is 0 Å². The van der Waals surface area contributed by atoms with E-state index in [9.17, 15) is 9.59 Å². The molecule has 3 aromatic rings. The molecule has 29 heavy (non-hydrogen) atoms. The molecule has 0 saturated carbocycles. The number of fused-ring (bicyclic) bond motifs is 1. The fourth-order valence-corrected chi connectivity index (χ4v) is 2.88. The SMILES string of the molecule is COc1cccc(CCC(=O)NNC(=O)C(C)Oc2ccc3ccccc3c2)c1. The van der Waals surface area contributed by atoms with E-state index in [1.807, 2.05) is 66.7 Å². The zero-order chi connectivity index (χ0) is 20.6. The topological polar surface area (TPSA) is 76.7 Å². The number of carbonyl (C=O) groups is 2. The molecule has 0 spiro atoms. The van der Waals surface area contributed by atoms with E-state index in [2.05, 4.69) is 10.9 Å². The minimum atomic E-state index is -0.755. The van der Waals surface area contributed by atoms with Crippen molar-refractivity contribution in [2.24, 2.45) is 0 Å². The van der Waals surface area contributed by atoms with Gasteiger partial charge in [-0.2, -0.15) is 0 Å². The Labute approximate surface area is 169 Å². The molecule has 0 saturated heterocycles. The number of hydrazine groups is 1. The fourth-order valence-electron chi connectivity index (χ4n) is 2.88. The van der Waals surface area contributed by atoms with Crippen LogP contribution < -0.4 is 20.3 Å². The molecule has 0 aliphatic heterocycles. The van der Waals surface area contributed by atoms with Gasteiger partial charge in [0.05, 0.1) is 7.11 Å². The molecule has 150 valence electrons. The molecular weight excluding hydrogens is 368 g/mol. The summed E-state index contributed by atoms with van der Waals surface area (Å²) in [6.45, 7) is 1.63. The van der Waals surface area contributed by atoms with Gasteiger partial charge in [-0.15, -0.1) is 0 Å². The van der Waals surface area contributed by atoms with Gasteiger partial charge in [0.2, 0.25) is 5.91 Å². The smallest absolute Gasteiger partial charge is 0.279 e. The molecule has 2 N–H and O–H groups in total. The molecule has 6 nitrogen and oxygen atoms in total. The van der Waals surface area contributed by atoms with Gasteiger partial charge < -0.3 is 9.47 Å². The molecule has 0 bridgehead atoms. The molecular formula is C23H24N2O4. The first-order valence-electron chi connectivity index (χ1n) is 9.42. The van der Waals surface area contributed by atoms with E-state index in [0.29, 0.717) is 12.2 Å². The predicted octanol–water partition coefficient (Wildman–Crippen LogP) is 3.40. The van der Waals surface area contributed by atoms with Crippen LogP contribution in [0, 0.1) is 0 Å². The first-order chi connectivity index (χ1) is 14.0. The molecule has 0 aliphatic carbocycles. The third kappa shape index (κ3) is 5.72. The summed E-state index contributed by atoms with van der Waals surface area (Å²) >= 11 is 0. The Morgan fingerprint density at radius 3 is 2.48 bits per heavy atom. The minimum Gasteiger partial charge on any atom is -0.497 e.